The van der Waals surface area contributed by atoms with Crippen LogP contribution in [-0.2, 0) is 0 Å². The number of hydrogen-bond donors (Lipinski definition) is 1. The van der Waals surface area contributed by atoms with Gasteiger partial charge in [-0.1, -0.05) is 6.58 Å². The van der Waals surface area contributed by atoms with Crippen LogP contribution in [0.2, 0.25) is 0 Å². The highest BCUT2D eigenvalue weighted by Gasteiger charge is 2.08. The second-order valence-corrected chi connectivity index (χ2v) is 3.33. The van der Waals surface area contributed by atoms with Gasteiger partial charge in [-0.2, -0.15) is 5.10 Å². The van der Waals surface area contributed by atoms with Gasteiger partial charge in [-0.05, 0) is 13.1 Å². The Balaban J connectivity index is 2.48. The molecule has 6 nitrogen and oxygen atoms in total. The maximum atomic E-state index is 5.12. The molecule has 0 spiro atoms. The zero-order valence-electron chi connectivity index (χ0n) is 9.71. The third kappa shape index (κ3) is 2.25. The summed E-state index contributed by atoms with van der Waals surface area (Å²) in [6, 6.07) is 1.82. The Morgan fingerprint density at radius 2 is 2.29 bits per heavy atom. The Morgan fingerprint density at radius 1 is 1.47 bits per heavy atom. The van der Waals surface area contributed by atoms with Crippen molar-refractivity contribution in [3.63, 3.8) is 0 Å². The first-order chi connectivity index (χ1) is 8.24. The topological polar surface area (TPSA) is 64.9 Å². The Morgan fingerprint density at radius 3 is 2.88 bits per heavy atom. The van der Waals surface area contributed by atoms with Gasteiger partial charge in [-0.25, -0.2) is 14.6 Å². The molecular formula is C11H13N5O. The predicted molar refractivity (Wildman–Crippen MR) is 64.3 cm³/mol. The van der Waals surface area contributed by atoms with Crippen molar-refractivity contribution in [2.24, 2.45) is 0 Å². The third-order valence-corrected chi connectivity index (χ3v) is 2.16. The van der Waals surface area contributed by atoms with Crippen LogP contribution < -0.4 is 10.1 Å². The Labute approximate surface area is 99.0 Å². The standard InChI is InChI=1S/C11H13N5O/c1-4-12-10-5-9(17-3)6-13-11(10)16-7-14-8(2)15-16/h4-7,12H,1H2,2-3H3. The summed E-state index contributed by atoms with van der Waals surface area (Å²) in [5.74, 6) is 1.99. The van der Waals surface area contributed by atoms with Crippen LogP contribution in [0.25, 0.3) is 5.82 Å². The molecule has 2 heterocycles. The number of anilines is 1. The van der Waals surface area contributed by atoms with E-state index in [2.05, 4.69) is 27.0 Å². The molecule has 0 saturated carbocycles. The lowest BCUT2D eigenvalue weighted by Gasteiger charge is -2.09. The number of ether oxygens (including phenoxy) is 1. The summed E-state index contributed by atoms with van der Waals surface area (Å²) >= 11 is 0. The molecule has 0 aliphatic heterocycles. The second-order valence-electron chi connectivity index (χ2n) is 3.33. The van der Waals surface area contributed by atoms with Crippen LogP contribution in [0.5, 0.6) is 5.75 Å². The third-order valence-electron chi connectivity index (χ3n) is 2.16. The first-order valence-electron chi connectivity index (χ1n) is 5.04. The van der Waals surface area contributed by atoms with Gasteiger partial charge in [0.1, 0.15) is 17.9 Å². The van der Waals surface area contributed by atoms with Crippen molar-refractivity contribution in [2.45, 2.75) is 6.92 Å². The molecule has 0 aromatic carbocycles. The average Bonchev–Trinajstić information content (AvgIpc) is 2.76. The van der Waals surface area contributed by atoms with Crippen LogP contribution in [0, 0.1) is 6.92 Å². The van der Waals surface area contributed by atoms with E-state index >= 15 is 0 Å². The summed E-state index contributed by atoms with van der Waals surface area (Å²) in [4.78, 5) is 8.34. The molecule has 0 aliphatic carbocycles. The number of hydrogen-bond acceptors (Lipinski definition) is 5. The van der Waals surface area contributed by atoms with Crippen molar-refractivity contribution < 1.29 is 4.74 Å². The summed E-state index contributed by atoms with van der Waals surface area (Å²) in [6.07, 6.45) is 4.81. The Hall–Kier alpha value is -2.37. The number of aryl methyl sites for hydroxylation is 1. The molecule has 2 aromatic rings. The van der Waals surface area contributed by atoms with Gasteiger partial charge in [0.05, 0.1) is 19.0 Å². The molecule has 0 unspecified atom stereocenters. The minimum Gasteiger partial charge on any atom is -0.495 e. The van der Waals surface area contributed by atoms with Crippen LogP contribution >= 0.6 is 0 Å². The zero-order valence-corrected chi connectivity index (χ0v) is 9.71. The summed E-state index contributed by atoms with van der Waals surface area (Å²) < 4.78 is 6.71. The van der Waals surface area contributed by atoms with Gasteiger partial charge in [-0.15, -0.1) is 0 Å². The SMILES string of the molecule is C=CNc1cc(OC)cnc1-n1cnc(C)n1. The molecule has 17 heavy (non-hydrogen) atoms. The largest absolute Gasteiger partial charge is 0.495 e. The zero-order chi connectivity index (χ0) is 12.3. The fourth-order valence-electron chi connectivity index (χ4n) is 1.40. The van der Waals surface area contributed by atoms with Crippen LogP contribution in [-0.4, -0.2) is 26.9 Å². The van der Waals surface area contributed by atoms with Crippen LogP contribution in [0.15, 0.2) is 31.4 Å². The molecule has 2 rings (SSSR count). The van der Waals surface area contributed by atoms with Crippen molar-refractivity contribution in [3.05, 3.63) is 37.2 Å². The van der Waals surface area contributed by atoms with Gasteiger partial charge in [0.2, 0.25) is 0 Å². The first-order valence-corrected chi connectivity index (χ1v) is 5.04. The lowest BCUT2D eigenvalue weighted by Crippen LogP contribution is -2.03. The Bertz CT molecular complexity index is 534. The van der Waals surface area contributed by atoms with Crippen molar-refractivity contribution in [1.29, 1.82) is 0 Å². The molecule has 1 N–H and O–H groups in total. The quantitative estimate of drug-likeness (QED) is 0.864. The second kappa shape index (κ2) is 4.65. The van der Waals surface area contributed by atoms with E-state index in [1.165, 1.54) is 0 Å². The number of methoxy groups -OCH3 is 1. The summed E-state index contributed by atoms with van der Waals surface area (Å²) in [7, 11) is 1.59. The van der Waals surface area contributed by atoms with Gasteiger partial charge in [0.15, 0.2) is 5.82 Å². The molecule has 6 heteroatoms. The van der Waals surface area contributed by atoms with E-state index in [4.69, 9.17) is 4.74 Å². The fourth-order valence-corrected chi connectivity index (χ4v) is 1.40. The highest BCUT2D eigenvalue weighted by molar-refractivity contribution is 5.60. The van der Waals surface area contributed by atoms with Gasteiger partial charge >= 0.3 is 0 Å². The van der Waals surface area contributed by atoms with E-state index in [0.717, 1.165) is 5.69 Å². The molecule has 0 atom stereocenters. The molecule has 0 fully saturated rings. The lowest BCUT2D eigenvalue weighted by molar-refractivity contribution is 0.413. The van der Waals surface area contributed by atoms with Crippen LogP contribution in [0.3, 0.4) is 0 Å². The minimum atomic E-state index is 0.645. The van der Waals surface area contributed by atoms with Crippen molar-refractivity contribution in [3.8, 4) is 11.6 Å². The number of aromatic nitrogens is 4. The van der Waals surface area contributed by atoms with Crippen molar-refractivity contribution in [2.75, 3.05) is 12.4 Å². The van der Waals surface area contributed by atoms with Gasteiger partial charge in [0.25, 0.3) is 0 Å². The van der Waals surface area contributed by atoms with Crippen LogP contribution in [0.1, 0.15) is 5.82 Å². The van der Waals surface area contributed by atoms with E-state index in [1.807, 2.05) is 13.0 Å². The van der Waals surface area contributed by atoms with Crippen molar-refractivity contribution >= 4 is 5.69 Å². The average molecular weight is 231 g/mol. The highest BCUT2D eigenvalue weighted by Crippen LogP contribution is 2.22. The predicted octanol–water partition coefficient (Wildman–Crippen LogP) is 1.53. The van der Waals surface area contributed by atoms with Crippen molar-refractivity contribution in [1.82, 2.24) is 19.7 Å². The van der Waals surface area contributed by atoms with Gasteiger partial charge < -0.3 is 10.1 Å². The van der Waals surface area contributed by atoms with Gasteiger partial charge in [0, 0.05) is 6.07 Å². The number of pyridine rings is 1. The summed E-state index contributed by atoms with van der Waals surface area (Å²) in [5.41, 5.74) is 0.754. The van der Waals surface area contributed by atoms with E-state index in [-0.39, 0.29) is 0 Å². The number of nitrogens with zero attached hydrogens (tertiary/aromatic N) is 4. The smallest absolute Gasteiger partial charge is 0.179 e. The molecule has 88 valence electrons. The van der Waals surface area contributed by atoms with E-state index in [9.17, 15) is 0 Å². The minimum absolute atomic E-state index is 0.645. The molecule has 0 aliphatic rings. The van der Waals surface area contributed by atoms with E-state index < -0.39 is 0 Å². The van der Waals surface area contributed by atoms with E-state index in [0.29, 0.717) is 17.4 Å². The molecular weight excluding hydrogens is 218 g/mol. The number of nitrogens with one attached hydrogen (secondary N) is 1. The van der Waals surface area contributed by atoms with Gasteiger partial charge in [-0.3, -0.25) is 0 Å². The maximum Gasteiger partial charge on any atom is 0.179 e. The summed E-state index contributed by atoms with van der Waals surface area (Å²) in [6.45, 7) is 5.45. The highest BCUT2D eigenvalue weighted by atomic mass is 16.5. The van der Waals surface area contributed by atoms with Crippen LogP contribution in [0.4, 0.5) is 5.69 Å². The molecule has 2 aromatic heterocycles. The first kappa shape index (κ1) is 11.1. The Kier molecular flexibility index (Phi) is 3.04. The maximum absolute atomic E-state index is 5.12. The number of rotatable bonds is 4. The fraction of sp³-hybridized carbons (Fsp3) is 0.182. The molecule has 0 amide bonds. The van der Waals surface area contributed by atoms with E-state index in [1.54, 1.807) is 30.5 Å². The summed E-state index contributed by atoms with van der Waals surface area (Å²) in [5, 5.41) is 7.20. The molecule has 0 bridgehead atoms. The monoisotopic (exact) mass is 231 g/mol. The normalized spacial score (nSPS) is 10.0. The lowest BCUT2D eigenvalue weighted by atomic mass is 10.3. The molecule has 0 saturated heterocycles. The molecule has 0 radical (unpaired) electrons.